The van der Waals surface area contributed by atoms with Gasteiger partial charge in [0.05, 0.1) is 0 Å². The van der Waals surface area contributed by atoms with Gasteiger partial charge in [-0.25, -0.2) is 13.6 Å². The number of carbonyl (C=O) groups is 2. The van der Waals surface area contributed by atoms with E-state index in [4.69, 9.17) is 0 Å². The Morgan fingerprint density at radius 1 is 1.08 bits per heavy atom. The molecule has 0 spiro atoms. The van der Waals surface area contributed by atoms with E-state index in [-0.39, 0.29) is 11.6 Å². The summed E-state index contributed by atoms with van der Waals surface area (Å²) in [4.78, 5) is 25.9. The SMILES string of the molecule is O=C(Nc1cc(F)cc(F)c1)N[C@@H]1CCN(c2ccccc2)C1=O. The molecule has 1 heterocycles. The van der Waals surface area contributed by atoms with Gasteiger partial charge in [0.2, 0.25) is 5.91 Å². The van der Waals surface area contributed by atoms with E-state index >= 15 is 0 Å². The molecule has 0 saturated carbocycles. The maximum atomic E-state index is 13.1. The highest BCUT2D eigenvalue weighted by Gasteiger charge is 2.33. The first-order chi connectivity index (χ1) is 11.5. The Kier molecular flexibility index (Phi) is 4.41. The summed E-state index contributed by atoms with van der Waals surface area (Å²) in [6.45, 7) is 0.488. The normalized spacial score (nSPS) is 17.0. The number of nitrogens with one attached hydrogen (secondary N) is 2. The number of nitrogens with zero attached hydrogens (tertiary/aromatic N) is 1. The molecule has 0 aliphatic carbocycles. The first-order valence-electron chi connectivity index (χ1n) is 7.43. The standard InChI is InChI=1S/C17H15F2N3O2/c18-11-8-12(19)10-13(9-11)20-17(24)21-15-6-7-22(16(15)23)14-4-2-1-3-5-14/h1-5,8-10,15H,6-7H2,(H2,20,21,24)/t15-/m1/s1. The summed E-state index contributed by atoms with van der Waals surface area (Å²) in [6.07, 6.45) is 0.457. The Bertz CT molecular complexity index is 747. The number of carbonyl (C=O) groups excluding carboxylic acids is 2. The summed E-state index contributed by atoms with van der Waals surface area (Å²) >= 11 is 0. The number of para-hydroxylation sites is 1. The zero-order chi connectivity index (χ0) is 17.1. The molecule has 2 aromatic rings. The van der Waals surface area contributed by atoms with Gasteiger partial charge in [0.1, 0.15) is 17.7 Å². The largest absolute Gasteiger partial charge is 0.326 e. The third-order valence-corrected chi connectivity index (χ3v) is 3.70. The van der Waals surface area contributed by atoms with Crippen molar-refractivity contribution in [3.63, 3.8) is 0 Å². The maximum absolute atomic E-state index is 13.1. The van der Waals surface area contributed by atoms with Crippen LogP contribution in [0.5, 0.6) is 0 Å². The smallest absolute Gasteiger partial charge is 0.319 e. The highest BCUT2D eigenvalue weighted by Crippen LogP contribution is 2.21. The monoisotopic (exact) mass is 331 g/mol. The molecule has 124 valence electrons. The number of benzene rings is 2. The minimum Gasteiger partial charge on any atom is -0.326 e. The maximum Gasteiger partial charge on any atom is 0.319 e. The second kappa shape index (κ2) is 6.66. The van der Waals surface area contributed by atoms with Gasteiger partial charge in [-0.15, -0.1) is 0 Å². The average Bonchev–Trinajstić information content (AvgIpc) is 2.88. The van der Waals surface area contributed by atoms with E-state index in [2.05, 4.69) is 10.6 Å². The number of hydrogen-bond acceptors (Lipinski definition) is 2. The molecule has 3 amide bonds. The van der Waals surface area contributed by atoms with Crippen LogP contribution in [0, 0.1) is 11.6 Å². The molecule has 3 rings (SSSR count). The number of urea groups is 1. The van der Waals surface area contributed by atoms with Crippen molar-refractivity contribution in [3.8, 4) is 0 Å². The molecule has 0 bridgehead atoms. The van der Waals surface area contributed by atoms with Gasteiger partial charge in [-0.2, -0.15) is 0 Å². The number of hydrogen-bond donors (Lipinski definition) is 2. The fourth-order valence-electron chi connectivity index (χ4n) is 2.63. The van der Waals surface area contributed by atoms with Crippen molar-refractivity contribution in [2.24, 2.45) is 0 Å². The third-order valence-electron chi connectivity index (χ3n) is 3.70. The molecule has 5 nitrogen and oxygen atoms in total. The van der Waals surface area contributed by atoms with Crippen LogP contribution in [0.3, 0.4) is 0 Å². The predicted octanol–water partition coefficient (Wildman–Crippen LogP) is 2.89. The van der Waals surface area contributed by atoms with Crippen LogP contribution in [0.2, 0.25) is 0 Å². The number of halogens is 2. The number of rotatable bonds is 3. The minimum absolute atomic E-state index is 0.0182. The Morgan fingerprint density at radius 2 is 1.75 bits per heavy atom. The lowest BCUT2D eigenvalue weighted by atomic mass is 10.2. The molecule has 1 saturated heterocycles. The molecule has 1 atom stereocenters. The Balaban J connectivity index is 1.62. The van der Waals surface area contributed by atoms with Crippen molar-refractivity contribution in [2.75, 3.05) is 16.8 Å². The first kappa shape index (κ1) is 15.9. The summed E-state index contributed by atoms with van der Waals surface area (Å²) in [5.41, 5.74) is 0.745. The van der Waals surface area contributed by atoms with Gasteiger partial charge in [0.25, 0.3) is 0 Å². The van der Waals surface area contributed by atoms with Gasteiger partial charge < -0.3 is 15.5 Å². The van der Waals surface area contributed by atoms with E-state index in [0.29, 0.717) is 19.0 Å². The average molecular weight is 331 g/mol. The van der Waals surface area contributed by atoms with Crippen molar-refractivity contribution in [2.45, 2.75) is 12.5 Å². The van der Waals surface area contributed by atoms with Crippen molar-refractivity contribution in [1.29, 1.82) is 0 Å². The van der Waals surface area contributed by atoms with Crippen LogP contribution in [0.1, 0.15) is 6.42 Å². The molecule has 7 heteroatoms. The van der Waals surface area contributed by atoms with Crippen molar-refractivity contribution in [3.05, 3.63) is 60.2 Å². The van der Waals surface area contributed by atoms with E-state index in [1.165, 1.54) is 0 Å². The summed E-state index contributed by atoms with van der Waals surface area (Å²) < 4.78 is 26.2. The molecule has 0 radical (unpaired) electrons. The van der Waals surface area contributed by atoms with Crippen molar-refractivity contribution < 1.29 is 18.4 Å². The molecule has 0 aromatic heterocycles. The summed E-state index contributed by atoms with van der Waals surface area (Å²) in [6, 6.07) is 10.5. The van der Waals surface area contributed by atoms with E-state index in [1.807, 2.05) is 30.3 Å². The predicted molar refractivity (Wildman–Crippen MR) is 85.7 cm³/mol. The molecule has 1 fully saturated rings. The summed E-state index contributed by atoms with van der Waals surface area (Å²) in [5, 5.41) is 4.85. The van der Waals surface area contributed by atoms with Crippen LogP contribution in [-0.2, 0) is 4.79 Å². The van der Waals surface area contributed by atoms with E-state index in [1.54, 1.807) is 4.90 Å². The lowest BCUT2D eigenvalue weighted by Gasteiger charge is -2.17. The quantitative estimate of drug-likeness (QED) is 0.908. The molecule has 2 aromatic carbocycles. The van der Waals surface area contributed by atoms with Gasteiger partial charge in [-0.3, -0.25) is 4.79 Å². The molecule has 2 N–H and O–H groups in total. The topological polar surface area (TPSA) is 61.4 Å². The molecule has 1 aliphatic heterocycles. The van der Waals surface area contributed by atoms with Crippen molar-refractivity contribution in [1.82, 2.24) is 5.32 Å². The van der Waals surface area contributed by atoms with Gasteiger partial charge in [-0.05, 0) is 30.7 Å². The molecular weight excluding hydrogens is 316 g/mol. The Morgan fingerprint density at radius 3 is 2.42 bits per heavy atom. The fraction of sp³-hybridized carbons (Fsp3) is 0.176. The summed E-state index contributed by atoms with van der Waals surface area (Å²) in [5.74, 6) is -1.81. The lowest BCUT2D eigenvalue weighted by Crippen LogP contribution is -2.43. The number of anilines is 2. The van der Waals surface area contributed by atoms with Crippen LogP contribution >= 0.6 is 0 Å². The second-order valence-electron chi connectivity index (χ2n) is 5.42. The molecule has 0 unspecified atom stereocenters. The minimum atomic E-state index is -0.794. The third kappa shape index (κ3) is 3.51. The van der Waals surface area contributed by atoms with Crippen LogP contribution in [0.15, 0.2) is 48.5 Å². The van der Waals surface area contributed by atoms with Crippen LogP contribution < -0.4 is 15.5 Å². The van der Waals surface area contributed by atoms with E-state index in [0.717, 1.165) is 17.8 Å². The van der Waals surface area contributed by atoms with Gasteiger partial charge in [0.15, 0.2) is 0 Å². The fourth-order valence-corrected chi connectivity index (χ4v) is 2.63. The van der Waals surface area contributed by atoms with Gasteiger partial charge in [0, 0.05) is 24.0 Å². The van der Waals surface area contributed by atoms with Crippen LogP contribution in [0.4, 0.5) is 25.0 Å². The van der Waals surface area contributed by atoms with Crippen LogP contribution in [0.25, 0.3) is 0 Å². The van der Waals surface area contributed by atoms with Gasteiger partial charge in [-0.1, -0.05) is 18.2 Å². The Hall–Kier alpha value is -2.96. The molecule has 24 heavy (non-hydrogen) atoms. The van der Waals surface area contributed by atoms with E-state index in [9.17, 15) is 18.4 Å². The van der Waals surface area contributed by atoms with Gasteiger partial charge >= 0.3 is 6.03 Å². The molecule has 1 aliphatic rings. The molecular formula is C17H15F2N3O2. The van der Waals surface area contributed by atoms with Crippen LogP contribution in [-0.4, -0.2) is 24.5 Å². The summed E-state index contributed by atoms with van der Waals surface area (Å²) in [7, 11) is 0. The second-order valence-corrected chi connectivity index (χ2v) is 5.42. The lowest BCUT2D eigenvalue weighted by molar-refractivity contribution is -0.118. The van der Waals surface area contributed by atoms with Crippen molar-refractivity contribution >= 4 is 23.3 Å². The number of amides is 3. The zero-order valence-electron chi connectivity index (χ0n) is 12.6. The Labute approximate surface area is 137 Å². The zero-order valence-corrected chi connectivity index (χ0v) is 12.6. The highest BCUT2D eigenvalue weighted by molar-refractivity contribution is 6.02. The highest BCUT2D eigenvalue weighted by atomic mass is 19.1. The first-order valence-corrected chi connectivity index (χ1v) is 7.43. The van der Waals surface area contributed by atoms with E-state index < -0.39 is 23.7 Å².